The third-order valence-electron chi connectivity index (χ3n) is 4.05. The molecule has 4 heteroatoms. The van der Waals surface area contributed by atoms with Crippen molar-refractivity contribution in [2.24, 2.45) is 5.73 Å². The number of rotatable bonds is 7. The molecule has 0 amide bonds. The molecular weight excluding hydrogens is 278 g/mol. The Morgan fingerprint density at radius 3 is 2.76 bits per heavy atom. The Hall–Kier alpha value is -1.39. The summed E-state index contributed by atoms with van der Waals surface area (Å²) in [7, 11) is 0. The number of hydrogen-bond acceptors (Lipinski definition) is 4. The van der Waals surface area contributed by atoms with E-state index in [1.54, 1.807) is 11.3 Å². The molecule has 3 rings (SSSR count). The number of aromatic nitrogens is 1. The fraction of sp³-hybridized carbons (Fsp3) is 0.471. The van der Waals surface area contributed by atoms with Crippen LogP contribution < -0.4 is 10.6 Å². The summed E-state index contributed by atoms with van der Waals surface area (Å²) >= 11 is 1.76. The molecule has 2 aromatic heterocycles. The molecule has 1 aliphatic carbocycles. The molecule has 0 aromatic carbocycles. The Balaban J connectivity index is 1.71. The van der Waals surface area contributed by atoms with Crippen LogP contribution in [0.15, 0.2) is 35.2 Å². The van der Waals surface area contributed by atoms with Crippen molar-refractivity contribution in [3.63, 3.8) is 0 Å². The lowest BCUT2D eigenvalue weighted by Gasteiger charge is -2.23. The van der Waals surface area contributed by atoms with E-state index in [-0.39, 0.29) is 6.04 Å². The van der Waals surface area contributed by atoms with Gasteiger partial charge in [0.15, 0.2) is 0 Å². The highest BCUT2D eigenvalue weighted by Crippen LogP contribution is 2.32. The van der Waals surface area contributed by atoms with E-state index < -0.39 is 0 Å². The van der Waals surface area contributed by atoms with E-state index in [2.05, 4.69) is 45.8 Å². The second-order valence-electron chi connectivity index (χ2n) is 5.89. The maximum absolute atomic E-state index is 6.01. The topological polar surface area (TPSA) is 42.1 Å². The van der Waals surface area contributed by atoms with Crippen molar-refractivity contribution < 1.29 is 0 Å². The Labute approximate surface area is 130 Å². The second-order valence-corrected chi connectivity index (χ2v) is 6.67. The van der Waals surface area contributed by atoms with Crippen LogP contribution in [0.25, 0.3) is 0 Å². The van der Waals surface area contributed by atoms with E-state index in [1.165, 1.54) is 24.0 Å². The maximum atomic E-state index is 6.01. The molecule has 2 aromatic rings. The molecule has 0 bridgehead atoms. The van der Waals surface area contributed by atoms with Gasteiger partial charge in [0, 0.05) is 24.8 Å². The molecule has 0 saturated heterocycles. The lowest BCUT2D eigenvalue weighted by Crippen LogP contribution is -2.26. The van der Waals surface area contributed by atoms with Gasteiger partial charge in [-0.3, -0.25) is 0 Å². The fourth-order valence-electron chi connectivity index (χ4n) is 2.52. The minimum atomic E-state index is 0.239. The van der Waals surface area contributed by atoms with Crippen molar-refractivity contribution >= 4 is 17.2 Å². The van der Waals surface area contributed by atoms with E-state index in [1.807, 2.05) is 6.20 Å². The van der Waals surface area contributed by atoms with Gasteiger partial charge in [-0.2, -0.15) is 11.3 Å². The standard InChI is InChI=1S/C17H23N3S/c1-2-15(18)9-13-3-6-17(19-10-13)20(16-4-5-16)11-14-7-8-21-12-14/h3,6-8,10,12,15-16H,2,4-5,9,11,18H2,1H3. The molecular formula is C17H23N3S. The van der Waals surface area contributed by atoms with Crippen molar-refractivity contribution in [3.8, 4) is 0 Å². The van der Waals surface area contributed by atoms with Crippen LogP contribution in [0.2, 0.25) is 0 Å². The highest BCUT2D eigenvalue weighted by molar-refractivity contribution is 7.07. The summed E-state index contributed by atoms with van der Waals surface area (Å²) in [6.07, 6.45) is 6.49. The third-order valence-corrected chi connectivity index (χ3v) is 4.78. The molecule has 0 spiro atoms. The van der Waals surface area contributed by atoms with Gasteiger partial charge in [-0.05, 0) is 59.7 Å². The van der Waals surface area contributed by atoms with Crippen molar-refractivity contribution in [1.29, 1.82) is 0 Å². The molecule has 0 radical (unpaired) electrons. The van der Waals surface area contributed by atoms with E-state index in [4.69, 9.17) is 5.73 Å². The van der Waals surface area contributed by atoms with Crippen molar-refractivity contribution in [2.45, 2.75) is 51.2 Å². The quantitative estimate of drug-likeness (QED) is 0.849. The predicted octanol–water partition coefficient (Wildman–Crippen LogP) is 3.59. The van der Waals surface area contributed by atoms with Crippen molar-refractivity contribution in [2.75, 3.05) is 4.90 Å². The lowest BCUT2D eigenvalue weighted by atomic mass is 10.1. The molecule has 1 aliphatic rings. The van der Waals surface area contributed by atoms with E-state index in [9.17, 15) is 0 Å². The summed E-state index contributed by atoms with van der Waals surface area (Å²) in [6, 6.07) is 7.45. The first-order valence-corrected chi connectivity index (χ1v) is 8.68. The van der Waals surface area contributed by atoms with Crippen LogP contribution in [0.1, 0.15) is 37.3 Å². The molecule has 112 valence electrons. The molecule has 2 heterocycles. The number of nitrogens with two attached hydrogens (primary N) is 1. The highest BCUT2D eigenvalue weighted by Gasteiger charge is 2.30. The Bertz CT molecular complexity index is 546. The predicted molar refractivity (Wildman–Crippen MR) is 89.7 cm³/mol. The first-order chi connectivity index (χ1) is 10.3. The van der Waals surface area contributed by atoms with Gasteiger partial charge < -0.3 is 10.6 Å². The molecule has 3 nitrogen and oxygen atoms in total. The molecule has 2 N–H and O–H groups in total. The molecule has 1 fully saturated rings. The minimum Gasteiger partial charge on any atom is -0.349 e. The van der Waals surface area contributed by atoms with Gasteiger partial charge >= 0.3 is 0 Å². The summed E-state index contributed by atoms with van der Waals surface area (Å²) in [5, 5.41) is 4.37. The van der Waals surface area contributed by atoms with E-state index in [0.717, 1.165) is 25.2 Å². The van der Waals surface area contributed by atoms with Gasteiger partial charge in [-0.1, -0.05) is 13.0 Å². The van der Waals surface area contributed by atoms with Gasteiger partial charge in [0.25, 0.3) is 0 Å². The summed E-state index contributed by atoms with van der Waals surface area (Å²) in [4.78, 5) is 7.12. The summed E-state index contributed by atoms with van der Waals surface area (Å²) < 4.78 is 0. The van der Waals surface area contributed by atoms with Gasteiger partial charge in [-0.15, -0.1) is 0 Å². The molecule has 0 aliphatic heterocycles. The van der Waals surface area contributed by atoms with Crippen LogP contribution in [-0.2, 0) is 13.0 Å². The summed E-state index contributed by atoms with van der Waals surface area (Å²) in [6.45, 7) is 3.09. The molecule has 1 atom stereocenters. The molecule has 1 saturated carbocycles. The van der Waals surface area contributed by atoms with Crippen molar-refractivity contribution in [1.82, 2.24) is 4.98 Å². The zero-order valence-corrected chi connectivity index (χ0v) is 13.4. The smallest absolute Gasteiger partial charge is 0.129 e. The largest absolute Gasteiger partial charge is 0.349 e. The summed E-state index contributed by atoms with van der Waals surface area (Å²) in [5.41, 5.74) is 8.63. The fourth-order valence-corrected chi connectivity index (χ4v) is 3.18. The van der Waals surface area contributed by atoms with Crippen LogP contribution in [0.5, 0.6) is 0 Å². The lowest BCUT2D eigenvalue weighted by molar-refractivity contribution is 0.644. The van der Waals surface area contributed by atoms with Gasteiger partial charge in [-0.25, -0.2) is 4.98 Å². The number of nitrogens with zero attached hydrogens (tertiary/aromatic N) is 2. The van der Waals surface area contributed by atoms with Gasteiger partial charge in [0.1, 0.15) is 5.82 Å². The van der Waals surface area contributed by atoms with Crippen LogP contribution in [0.4, 0.5) is 5.82 Å². The SMILES string of the molecule is CCC(N)Cc1ccc(N(Cc2ccsc2)C2CC2)nc1. The summed E-state index contributed by atoms with van der Waals surface area (Å²) in [5.74, 6) is 1.09. The van der Waals surface area contributed by atoms with Crippen molar-refractivity contribution in [3.05, 3.63) is 46.3 Å². The van der Waals surface area contributed by atoms with Crippen LogP contribution in [0.3, 0.4) is 0 Å². The first-order valence-electron chi connectivity index (χ1n) is 7.74. The van der Waals surface area contributed by atoms with Gasteiger partial charge in [0.05, 0.1) is 0 Å². The number of thiophene rings is 1. The third kappa shape index (κ3) is 3.83. The number of anilines is 1. The van der Waals surface area contributed by atoms with E-state index in [0.29, 0.717) is 6.04 Å². The average molecular weight is 301 g/mol. The number of hydrogen-bond donors (Lipinski definition) is 1. The Kier molecular flexibility index (Phi) is 4.56. The maximum Gasteiger partial charge on any atom is 0.129 e. The van der Waals surface area contributed by atoms with E-state index >= 15 is 0 Å². The Morgan fingerprint density at radius 1 is 1.33 bits per heavy atom. The van der Waals surface area contributed by atoms with Crippen LogP contribution in [0, 0.1) is 0 Å². The average Bonchev–Trinajstić information content (AvgIpc) is 3.22. The minimum absolute atomic E-state index is 0.239. The molecule has 1 unspecified atom stereocenters. The normalized spacial score (nSPS) is 15.9. The van der Waals surface area contributed by atoms with Gasteiger partial charge in [0.2, 0.25) is 0 Å². The first kappa shape index (κ1) is 14.5. The van der Waals surface area contributed by atoms with Crippen LogP contribution in [-0.4, -0.2) is 17.1 Å². The highest BCUT2D eigenvalue weighted by atomic mass is 32.1. The van der Waals surface area contributed by atoms with Crippen LogP contribution >= 0.6 is 11.3 Å². The number of pyridine rings is 1. The molecule has 21 heavy (non-hydrogen) atoms. The zero-order chi connectivity index (χ0) is 14.7. The zero-order valence-electron chi connectivity index (χ0n) is 12.5. The Morgan fingerprint density at radius 2 is 2.19 bits per heavy atom. The second kappa shape index (κ2) is 6.58. The monoisotopic (exact) mass is 301 g/mol.